The van der Waals surface area contributed by atoms with Gasteiger partial charge >= 0.3 is 0 Å². The summed E-state index contributed by atoms with van der Waals surface area (Å²) in [6.45, 7) is 9.00. The largest absolute Gasteiger partial charge is 0.598 e. The molecule has 4 nitrogen and oxygen atoms in total. The highest BCUT2D eigenvalue weighted by molar-refractivity contribution is 9.10. The van der Waals surface area contributed by atoms with Crippen molar-refractivity contribution in [3.8, 4) is 0 Å². The molecule has 0 unspecified atom stereocenters. The third-order valence-corrected chi connectivity index (χ3v) is 4.97. The van der Waals surface area contributed by atoms with E-state index in [9.17, 15) is 13.7 Å². The summed E-state index contributed by atoms with van der Waals surface area (Å²) < 4.78 is 29.3. The molecule has 1 aromatic heterocycles. The van der Waals surface area contributed by atoms with Crippen LogP contribution in [-0.4, -0.2) is 20.6 Å². The number of hydrogen-bond acceptors (Lipinski definition) is 4. The Morgan fingerprint density at radius 2 is 2.19 bits per heavy atom. The minimum Gasteiger partial charge on any atom is -0.598 e. The number of rotatable bonds is 6. The molecule has 1 aromatic rings. The molecule has 0 bridgehead atoms. The van der Waals surface area contributed by atoms with Gasteiger partial charge in [0.05, 0.1) is 0 Å². The van der Waals surface area contributed by atoms with Crippen molar-refractivity contribution in [1.29, 1.82) is 0 Å². The molecular weight excluding hydrogens is 359 g/mol. The number of halogens is 2. The number of pyridine rings is 1. The molecule has 0 spiro atoms. The summed E-state index contributed by atoms with van der Waals surface area (Å²) in [4.78, 5) is 14.7. The highest BCUT2D eigenvalue weighted by Gasteiger charge is 2.40. The molecule has 1 heterocycles. The van der Waals surface area contributed by atoms with Crippen LogP contribution in [0.3, 0.4) is 0 Å². The predicted molar refractivity (Wildman–Crippen MR) is 85.5 cm³/mol. The van der Waals surface area contributed by atoms with E-state index in [2.05, 4.69) is 32.2 Å². The van der Waals surface area contributed by atoms with Gasteiger partial charge in [-0.15, -0.1) is 11.3 Å². The molecule has 0 saturated heterocycles. The maximum Gasteiger partial charge on any atom is 0.218 e. The van der Waals surface area contributed by atoms with Gasteiger partial charge in [-0.1, -0.05) is 6.08 Å². The first-order valence-electron chi connectivity index (χ1n) is 6.25. The van der Waals surface area contributed by atoms with Crippen molar-refractivity contribution in [2.24, 2.45) is 0 Å². The Kier molecular flexibility index (Phi) is 6.10. The highest BCUT2D eigenvalue weighted by atomic mass is 79.9. The predicted octanol–water partition coefficient (Wildman–Crippen LogP) is 3.01. The molecule has 0 aliphatic carbocycles. The van der Waals surface area contributed by atoms with Crippen molar-refractivity contribution in [2.45, 2.75) is 37.5 Å². The molecule has 1 N–H and O–H groups in total. The van der Waals surface area contributed by atoms with Gasteiger partial charge in [0.15, 0.2) is 0 Å². The van der Waals surface area contributed by atoms with Crippen molar-refractivity contribution < 1.29 is 13.7 Å². The molecule has 0 radical (unpaired) electrons. The minimum absolute atomic E-state index is 0.104. The van der Waals surface area contributed by atoms with Gasteiger partial charge in [-0.25, -0.2) is 4.98 Å². The molecule has 7 heteroatoms. The first-order chi connectivity index (χ1) is 9.66. The summed E-state index contributed by atoms with van der Waals surface area (Å²) in [5.41, 5.74) is -1.16. The molecule has 0 amide bonds. The standard InChI is InChI=1S/C14H18BrFN2O2S/c1-5-14(6-7-19,18-21(20)13(2,3)4)11-8-10(15)9-17-12(11)16/h5,7-9,18H,1,6H2,2-4H3/t14-,21+/m0/s1. The molecule has 116 valence electrons. The minimum atomic E-state index is -1.51. The Hall–Kier alpha value is -0.760. The molecule has 0 fully saturated rings. The van der Waals surface area contributed by atoms with Crippen molar-refractivity contribution in [1.82, 2.24) is 9.71 Å². The topological polar surface area (TPSA) is 65.0 Å². The number of carbonyl (C=O) groups excluding carboxylic acids is 1. The van der Waals surface area contributed by atoms with Crippen LogP contribution in [0.2, 0.25) is 0 Å². The van der Waals surface area contributed by atoms with E-state index in [0.717, 1.165) is 0 Å². The average molecular weight is 377 g/mol. The lowest BCUT2D eigenvalue weighted by Crippen LogP contribution is -2.51. The van der Waals surface area contributed by atoms with Gasteiger partial charge in [0, 0.05) is 34.0 Å². The quantitative estimate of drug-likeness (QED) is 0.358. The van der Waals surface area contributed by atoms with Crippen molar-refractivity contribution in [3.63, 3.8) is 0 Å². The molecule has 0 aliphatic heterocycles. The van der Waals surface area contributed by atoms with E-state index in [1.165, 1.54) is 18.3 Å². The smallest absolute Gasteiger partial charge is 0.218 e. The van der Waals surface area contributed by atoms with E-state index in [1.807, 2.05) is 0 Å². The second kappa shape index (κ2) is 7.00. The number of carbonyl (C=O) groups is 1. The van der Waals surface area contributed by atoms with Crippen LogP contribution < -0.4 is 4.72 Å². The fourth-order valence-electron chi connectivity index (χ4n) is 1.63. The van der Waals surface area contributed by atoms with E-state index < -0.39 is 27.6 Å². The summed E-state index contributed by atoms with van der Waals surface area (Å²) in [6.07, 6.45) is 3.23. The summed E-state index contributed by atoms with van der Waals surface area (Å²) in [6, 6.07) is 1.50. The SMILES string of the molecule is C=C[C@@](CC=O)(N[S@+]([O-])C(C)(C)C)c1cc(Br)cnc1F. The molecule has 1 rings (SSSR count). The molecule has 0 saturated carbocycles. The zero-order valence-electron chi connectivity index (χ0n) is 12.2. The Balaban J connectivity index is 3.35. The number of hydrogen-bond donors (Lipinski definition) is 1. The maximum absolute atomic E-state index is 14.1. The zero-order valence-corrected chi connectivity index (χ0v) is 14.6. The van der Waals surface area contributed by atoms with Gasteiger partial charge < -0.3 is 9.35 Å². The lowest BCUT2D eigenvalue weighted by atomic mass is 9.89. The highest BCUT2D eigenvalue weighted by Crippen LogP contribution is 2.32. The third kappa shape index (κ3) is 4.35. The maximum atomic E-state index is 14.1. The van der Waals surface area contributed by atoms with E-state index in [1.54, 1.807) is 20.8 Å². The molecular formula is C14H18BrFN2O2S. The van der Waals surface area contributed by atoms with Gasteiger partial charge in [0.25, 0.3) is 0 Å². The lowest BCUT2D eigenvalue weighted by molar-refractivity contribution is -0.108. The van der Waals surface area contributed by atoms with Crippen LogP contribution in [0, 0.1) is 5.95 Å². The fraction of sp³-hybridized carbons (Fsp3) is 0.429. The van der Waals surface area contributed by atoms with Crippen LogP contribution in [0.5, 0.6) is 0 Å². The van der Waals surface area contributed by atoms with Crippen molar-refractivity contribution in [2.75, 3.05) is 0 Å². The number of aldehydes is 1. The lowest BCUT2D eigenvalue weighted by Gasteiger charge is -2.34. The fourth-order valence-corrected chi connectivity index (χ4v) is 2.87. The zero-order chi connectivity index (χ0) is 16.3. The van der Waals surface area contributed by atoms with E-state index in [4.69, 9.17) is 0 Å². The summed E-state index contributed by atoms with van der Waals surface area (Å²) in [5.74, 6) is -0.738. The van der Waals surface area contributed by atoms with Crippen LogP contribution in [0.4, 0.5) is 4.39 Å². The number of aromatic nitrogens is 1. The Morgan fingerprint density at radius 3 is 2.67 bits per heavy atom. The summed E-state index contributed by atoms with van der Waals surface area (Å²) >= 11 is 1.71. The number of nitrogens with one attached hydrogen (secondary N) is 1. The van der Waals surface area contributed by atoms with Crippen LogP contribution in [0.15, 0.2) is 29.4 Å². The molecule has 0 aromatic carbocycles. The molecule has 0 aliphatic rings. The van der Waals surface area contributed by atoms with Gasteiger partial charge in [-0.2, -0.15) is 4.39 Å². The van der Waals surface area contributed by atoms with Crippen LogP contribution in [0.25, 0.3) is 0 Å². The third-order valence-electron chi connectivity index (χ3n) is 2.87. The van der Waals surface area contributed by atoms with Crippen LogP contribution in [0.1, 0.15) is 32.8 Å². The van der Waals surface area contributed by atoms with Crippen LogP contribution >= 0.6 is 15.9 Å². The Labute approximate surface area is 135 Å². The van der Waals surface area contributed by atoms with E-state index >= 15 is 0 Å². The Bertz CT molecular complexity index is 536. The first-order valence-corrected chi connectivity index (χ1v) is 8.19. The monoisotopic (exact) mass is 376 g/mol. The number of nitrogens with zero attached hydrogens (tertiary/aromatic N) is 1. The van der Waals surface area contributed by atoms with Gasteiger partial charge in [-0.3, -0.25) is 0 Å². The summed E-state index contributed by atoms with van der Waals surface area (Å²) in [5, 5.41) is 0. The molecule has 21 heavy (non-hydrogen) atoms. The first kappa shape index (κ1) is 18.3. The van der Waals surface area contributed by atoms with Crippen molar-refractivity contribution in [3.05, 3.63) is 40.9 Å². The van der Waals surface area contributed by atoms with E-state index in [-0.39, 0.29) is 12.0 Å². The van der Waals surface area contributed by atoms with Crippen LogP contribution in [-0.2, 0) is 21.7 Å². The van der Waals surface area contributed by atoms with Crippen molar-refractivity contribution >= 4 is 33.6 Å². The Morgan fingerprint density at radius 1 is 1.57 bits per heavy atom. The second-order valence-electron chi connectivity index (χ2n) is 5.52. The normalized spacial score (nSPS) is 16.1. The van der Waals surface area contributed by atoms with Gasteiger partial charge in [0.2, 0.25) is 5.95 Å². The molecule has 2 atom stereocenters. The van der Waals surface area contributed by atoms with E-state index in [0.29, 0.717) is 10.8 Å². The average Bonchev–Trinajstić information content (AvgIpc) is 2.39. The summed E-state index contributed by atoms with van der Waals surface area (Å²) in [7, 11) is 0. The van der Waals surface area contributed by atoms with Gasteiger partial charge in [0.1, 0.15) is 16.6 Å². The van der Waals surface area contributed by atoms with Gasteiger partial charge in [-0.05, 0) is 42.8 Å². The second-order valence-corrected chi connectivity index (χ2v) is 8.40.